The van der Waals surface area contributed by atoms with Gasteiger partial charge in [-0.25, -0.2) is 0 Å². The summed E-state index contributed by atoms with van der Waals surface area (Å²) in [7, 11) is 0. The van der Waals surface area contributed by atoms with Crippen molar-refractivity contribution in [1.29, 1.82) is 0 Å². The summed E-state index contributed by atoms with van der Waals surface area (Å²) in [5, 5.41) is 3.30. The highest BCUT2D eigenvalue weighted by molar-refractivity contribution is 5.52. The van der Waals surface area contributed by atoms with Gasteiger partial charge in [0.2, 0.25) is 0 Å². The summed E-state index contributed by atoms with van der Waals surface area (Å²) in [4.78, 5) is 0. The van der Waals surface area contributed by atoms with Crippen molar-refractivity contribution in [3.05, 3.63) is 47.7 Å². The van der Waals surface area contributed by atoms with Gasteiger partial charge in [0.15, 0.2) is 0 Å². The van der Waals surface area contributed by atoms with Crippen LogP contribution in [0.25, 0.3) is 0 Å². The van der Waals surface area contributed by atoms with E-state index in [0.29, 0.717) is 5.41 Å². The minimum absolute atomic E-state index is 0.404. The molecule has 2 aliphatic rings. The molecule has 1 heterocycles. The van der Waals surface area contributed by atoms with E-state index < -0.39 is 0 Å². The Labute approximate surface area is 72.1 Å². The molecule has 0 amide bonds. The molecular formula is C11H11N. The van der Waals surface area contributed by atoms with Crippen LogP contribution in [0.15, 0.2) is 42.1 Å². The van der Waals surface area contributed by atoms with Crippen molar-refractivity contribution in [1.82, 2.24) is 5.32 Å². The lowest BCUT2D eigenvalue weighted by Crippen LogP contribution is -2.18. The molecule has 1 aliphatic heterocycles. The maximum absolute atomic E-state index is 3.30. The van der Waals surface area contributed by atoms with E-state index in [2.05, 4.69) is 41.8 Å². The third-order valence-corrected chi connectivity index (χ3v) is 2.99. The third kappa shape index (κ3) is 0.638. The lowest BCUT2D eigenvalue weighted by atomic mass is 9.96. The van der Waals surface area contributed by atoms with Crippen LogP contribution in [0, 0.1) is 0 Å². The Bertz CT molecular complexity index is 339. The van der Waals surface area contributed by atoms with Crippen LogP contribution in [-0.4, -0.2) is 6.54 Å². The average Bonchev–Trinajstić information content (AvgIpc) is 2.72. The van der Waals surface area contributed by atoms with E-state index in [9.17, 15) is 0 Å². The summed E-state index contributed by atoms with van der Waals surface area (Å²) in [6.45, 7) is 1.10. The van der Waals surface area contributed by atoms with Crippen molar-refractivity contribution in [2.45, 2.75) is 11.8 Å². The zero-order valence-electron chi connectivity index (χ0n) is 6.88. The molecule has 60 valence electrons. The summed E-state index contributed by atoms with van der Waals surface area (Å²) in [6.07, 6.45) is 3.44. The van der Waals surface area contributed by atoms with Gasteiger partial charge in [0.1, 0.15) is 0 Å². The van der Waals surface area contributed by atoms with Gasteiger partial charge in [-0.3, -0.25) is 0 Å². The van der Waals surface area contributed by atoms with E-state index >= 15 is 0 Å². The second-order valence-electron chi connectivity index (χ2n) is 3.68. The Hall–Kier alpha value is -1.24. The van der Waals surface area contributed by atoms with Crippen LogP contribution in [-0.2, 0) is 5.41 Å². The van der Waals surface area contributed by atoms with Gasteiger partial charge in [-0.2, -0.15) is 0 Å². The van der Waals surface area contributed by atoms with Crippen molar-refractivity contribution in [2.75, 3.05) is 6.54 Å². The van der Waals surface area contributed by atoms with E-state index in [-0.39, 0.29) is 0 Å². The van der Waals surface area contributed by atoms with Gasteiger partial charge in [0.25, 0.3) is 0 Å². The van der Waals surface area contributed by atoms with Gasteiger partial charge in [0.05, 0.1) is 0 Å². The number of fused-ring (bicyclic) bond motifs is 1. The zero-order chi connectivity index (χ0) is 8.02. The zero-order valence-corrected chi connectivity index (χ0v) is 6.88. The van der Waals surface area contributed by atoms with Gasteiger partial charge >= 0.3 is 0 Å². The minimum Gasteiger partial charge on any atom is -0.390 e. The topological polar surface area (TPSA) is 12.0 Å². The summed E-state index contributed by atoms with van der Waals surface area (Å²) in [5.41, 5.74) is 3.45. The predicted molar refractivity (Wildman–Crippen MR) is 48.8 cm³/mol. The second-order valence-corrected chi connectivity index (χ2v) is 3.68. The highest BCUT2D eigenvalue weighted by Crippen LogP contribution is 2.55. The second kappa shape index (κ2) is 1.92. The monoisotopic (exact) mass is 157 g/mol. The van der Waals surface area contributed by atoms with Gasteiger partial charge < -0.3 is 5.32 Å². The number of benzene rings is 1. The van der Waals surface area contributed by atoms with Crippen molar-refractivity contribution in [3.63, 3.8) is 0 Å². The molecule has 1 N–H and O–H groups in total. The largest absolute Gasteiger partial charge is 0.390 e. The Morgan fingerprint density at radius 2 is 2.00 bits per heavy atom. The molecule has 3 rings (SSSR count). The first-order chi connectivity index (χ1) is 5.92. The minimum atomic E-state index is 0.404. The van der Waals surface area contributed by atoms with E-state index in [4.69, 9.17) is 0 Å². The maximum Gasteiger partial charge on any atom is 0.0389 e. The van der Waals surface area contributed by atoms with Gasteiger partial charge in [-0.05, 0) is 23.8 Å². The van der Waals surface area contributed by atoms with Crippen LogP contribution in [0.4, 0.5) is 0 Å². The van der Waals surface area contributed by atoms with Crippen molar-refractivity contribution < 1.29 is 0 Å². The standard InChI is InChI=1S/C11H11N/c1-2-4-9(5-3-1)11-6-10(11)7-12-8-11/h1-5,7,12H,6,8H2/t11-/m0/s1. The van der Waals surface area contributed by atoms with Crippen LogP contribution in [0.5, 0.6) is 0 Å². The molecule has 0 saturated heterocycles. The molecule has 1 aliphatic carbocycles. The predicted octanol–water partition coefficient (Wildman–Crippen LogP) is 1.82. The number of hydrogen-bond acceptors (Lipinski definition) is 1. The summed E-state index contributed by atoms with van der Waals surface area (Å²) >= 11 is 0. The van der Waals surface area contributed by atoms with Gasteiger partial charge in [0, 0.05) is 12.0 Å². The first-order valence-corrected chi connectivity index (χ1v) is 4.40. The molecule has 1 fully saturated rings. The summed E-state index contributed by atoms with van der Waals surface area (Å²) < 4.78 is 0. The fourth-order valence-electron chi connectivity index (χ4n) is 2.14. The highest BCUT2D eigenvalue weighted by Gasteiger charge is 2.52. The Morgan fingerprint density at radius 1 is 1.17 bits per heavy atom. The Morgan fingerprint density at radius 3 is 2.58 bits per heavy atom. The van der Waals surface area contributed by atoms with E-state index in [0.717, 1.165) is 6.54 Å². The first-order valence-electron chi connectivity index (χ1n) is 4.40. The highest BCUT2D eigenvalue weighted by atomic mass is 14.9. The fraction of sp³-hybridized carbons (Fsp3) is 0.273. The quantitative estimate of drug-likeness (QED) is 0.655. The molecule has 1 aromatic carbocycles. The van der Waals surface area contributed by atoms with E-state index in [1.54, 1.807) is 5.57 Å². The first kappa shape index (κ1) is 6.30. The van der Waals surface area contributed by atoms with Gasteiger partial charge in [-0.15, -0.1) is 0 Å². The molecule has 1 heteroatoms. The van der Waals surface area contributed by atoms with Crippen LogP contribution < -0.4 is 5.32 Å². The lowest BCUT2D eigenvalue weighted by molar-refractivity contribution is 0.694. The normalized spacial score (nSPS) is 30.5. The SMILES string of the molecule is C1=C2C[C@@]2(c2ccccc2)CN1. The maximum atomic E-state index is 3.30. The van der Waals surface area contributed by atoms with Crippen molar-refractivity contribution >= 4 is 0 Å². The number of nitrogens with one attached hydrogen (secondary N) is 1. The van der Waals surface area contributed by atoms with Crippen LogP contribution in [0.2, 0.25) is 0 Å². The summed E-state index contributed by atoms with van der Waals surface area (Å²) in [6, 6.07) is 10.8. The molecule has 1 aromatic rings. The van der Waals surface area contributed by atoms with Crippen molar-refractivity contribution in [2.24, 2.45) is 0 Å². The molecular weight excluding hydrogens is 146 g/mol. The number of hydrogen-bond donors (Lipinski definition) is 1. The molecule has 1 atom stereocenters. The van der Waals surface area contributed by atoms with Crippen LogP contribution in [0.1, 0.15) is 12.0 Å². The molecule has 1 saturated carbocycles. The molecule has 0 bridgehead atoms. The fourth-order valence-corrected chi connectivity index (χ4v) is 2.14. The lowest BCUT2D eigenvalue weighted by Gasteiger charge is -2.10. The van der Waals surface area contributed by atoms with Crippen LogP contribution >= 0.6 is 0 Å². The summed E-state index contributed by atoms with van der Waals surface area (Å²) in [5.74, 6) is 0. The van der Waals surface area contributed by atoms with E-state index in [1.165, 1.54) is 12.0 Å². The molecule has 0 radical (unpaired) electrons. The molecule has 0 spiro atoms. The molecule has 0 aromatic heterocycles. The average molecular weight is 157 g/mol. The molecule has 0 unspecified atom stereocenters. The Kier molecular flexibility index (Phi) is 1.01. The number of rotatable bonds is 1. The third-order valence-electron chi connectivity index (χ3n) is 2.99. The molecule has 12 heavy (non-hydrogen) atoms. The smallest absolute Gasteiger partial charge is 0.0389 e. The molecule has 1 nitrogen and oxygen atoms in total. The van der Waals surface area contributed by atoms with Gasteiger partial charge in [-0.1, -0.05) is 30.3 Å². The van der Waals surface area contributed by atoms with E-state index in [1.807, 2.05) is 0 Å². The van der Waals surface area contributed by atoms with Crippen molar-refractivity contribution in [3.8, 4) is 0 Å². The van der Waals surface area contributed by atoms with Crippen LogP contribution in [0.3, 0.4) is 0 Å². The Balaban J connectivity index is 2.07.